The summed E-state index contributed by atoms with van der Waals surface area (Å²) in [4.78, 5) is 46.5. The number of nitrogens with one attached hydrogen (secondary N) is 1. The lowest BCUT2D eigenvalue weighted by Gasteiger charge is -2.12. The number of hydrogen-bond donors (Lipinski definition) is 2. The molecule has 0 fully saturated rings. The summed E-state index contributed by atoms with van der Waals surface area (Å²) < 4.78 is 31.6. The Bertz CT molecular complexity index is 1490. The first-order valence-corrected chi connectivity index (χ1v) is 10.5. The van der Waals surface area contributed by atoms with Gasteiger partial charge in [-0.05, 0) is 30.3 Å². The van der Waals surface area contributed by atoms with E-state index in [0.29, 0.717) is 0 Å². The second-order valence-electron chi connectivity index (χ2n) is 6.74. The lowest BCUT2D eigenvalue weighted by molar-refractivity contribution is -0.384. The molecular weight excluding hydrogens is 458 g/mol. The van der Waals surface area contributed by atoms with Crippen molar-refractivity contribution < 1.29 is 22.3 Å². The molecule has 2 aromatic carbocycles. The van der Waals surface area contributed by atoms with Gasteiger partial charge < -0.3 is 15.2 Å². The van der Waals surface area contributed by atoms with Crippen molar-refractivity contribution in [1.29, 1.82) is 0 Å². The number of carbonyl (C=O) groups is 1. The highest BCUT2D eigenvalue weighted by molar-refractivity contribution is 7.87. The van der Waals surface area contributed by atoms with Crippen molar-refractivity contribution in [3.63, 3.8) is 0 Å². The monoisotopic (exact) mass is 475 g/mol. The average molecular weight is 475 g/mol. The van der Waals surface area contributed by atoms with E-state index < -0.39 is 32.2 Å². The van der Waals surface area contributed by atoms with Gasteiger partial charge in [0.1, 0.15) is 22.2 Å². The minimum atomic E-state index is -4.35. The molecule has 0 atom stereocenters. The lowest BCUT2D eigenvalue weighted by atomic mass is 10.2. The van der Waals surface area contributed by atoms with Gasteiger partial charge in [0.05, 0.1) is 11.0 Å². The van der Waals surface area contributed by atoms with Crippen LogP contribution in [0.5, 0.6) is 5.75 Å². The summed E-state index contributed by atoms with van der Waals surface area (Å²) >= 11 is 0. The predicted octanol–water partition coefficient (Wildman–Crippen LogP) is 0.594. The summed E-state index contributed by atoms with van der Waals surface area (Å²) in [5, 5.41) is 13.2. The molecule has 0 bridgehead atoms. The third-order valence-electron chi connectivity index (χ3n) is 4.59. The van der Waals surface area contributed by atoms with Gasteiger partial charge in [0, 0.05) is 25.7 Å². The minimum absolute atomic E-state index is 0.0143. The Balaban J connectivity index is 1.84. The number of nitrogens with zero attached hydrogens (tertiary/aromatic N) is 3. The molecule has 3 N–H and O–H groups in total. The van der Waals surface area contributed by atoms with Gasteiger partial charge in [-0.15, -0.1) is 0 Å². The minimum Gasteiger partial charge on any atom is -0.383 e. The SMILES string of the molecule is Cn1c(N)c(NC(=O)c2ccc(S(=O)(=O)Oc3cccc([N+](=O)[O-])c3)cc2)c(=O)n(C)c1=O. The highest BCUT2D eigenvalue weighted by atomic mass is 32.2. The van der Waals surface area contributed by atoms with Gasteiger partial charge in [0.25, 0.3) is 17.2 Å². The van der Waals surface area contributed by atoms with Crippen LogP contribution in [0, 0.1) is 10.1 Å². The molecule has 0 radical (unpaired) electrons. The second-order valence-corrected chi connectivity index (χ2v) is 8.28. The van der Waals surface area contributed by atoms with Crippen molar-refractivity contribution in [2.24, 2.45) is 14.1 Å². The van der Waals surface area contributed by atoms with Crippen molar-refractivity contribution >= 4 is 33.2 Å². The maximum atomic E-state index is 12.5. The number of benzene rings is 2. The van der Waals surface area contributed by atoms with Gasteiger partial charge in [0.2, 0.25) is 0 Å². The number of hydrogen-bond acceptors (Lipinski definition) is 9. The smallest absolute Gasteiger partial charge is 0.339 e. The quantitative estimate of drug-likeness (QED) is 0.292. The van der Waals surface area contributed by atoms with Crippen molar-refractivity contribution in [2.75, 3.05) is 11.1 Å². The third-order valence-corrected chi connectivity index (χ3v) is 5.85. The van der Waals surface area contributed by atoms with E-state index in [9.17, 15) is 32.9 Å². The Morgan fingerprint density at radius 1 is 1.09 bits per heavy atom. The molecule has 0 saturated heterocycles. The molecule has 14 heteroatoms. The van der Waals surface area contributed by atoms with E-state index in [0.717, 1.165) is 27.3 Å². The second kappa shape index (κ2) is 8.58. The van der Waals surface area contributed by atoms with Gasteiger partial charge >= 0.3 is 15.8 Å². The Morgan fingerprint density at radius 2 is 1.73 bits per heavy atom. The number of anilines is 2. The van der Waals surface area contributed by atoms with Crippen LogP contribution in [0.15, 0.2) is 63.0 Å². The number of non-ortho nitro benzene ring substituents is 1. The predicted molar refractivity (Wildman–Crippen MR) is 117 cm³/mol. The van der Waals surface area contributed by atoms with Crippen LogP contribution in [-0.4, -0.2) is 28.4 Å². The van der Waals surface area contributed by atoms with Crippen LogP contribution in [0.2, 0.25) is 0 Å². The summed E-state index contributed by atoms with van der Waals surface area (Å²) in [6.45, 7) is 0. The van der Waals surface area contributed by atoms with Gasteiger partial charge in [-0.25, -0.2) is 4.79 Å². The molecule has 0 spiro atoms. The summed E-state index contributed by atoms with van der Waals surface area (Å²) in [5.74, 6) is -1.28. The van der Waals surface area contributed by atoms with E-state index in [4.69, 9.17) is 9.92 Å². The van der Waals surface area contributed by atoms with Gasteiger partial charge in [-0.3, -0.25) is 28.8 Å². The summed E-state index contributed by atoms with van der Waals surface area (Å²) in [6, 6.07) is 9.15. The number of aromatic nitrogens is 2. The fourth-order valence-electron chi connectivity index (χ4n) is 2.76. The van der Waals surface area contributed by atoms with E-state index in [-0.39, 0.29) is 33.4 Å². The van der Waals surface area contributed by atoms with Crippen molar-refractivity contribution in [2.45, 2.75) is 4.90 Å². The highest BCUT2D eigenvalue weighted by Crippen LogP contribution is 2.23. The molecule has 1 aromatic heterocycles. The molecule has 0 saturated carbocycles. The van der Waals surface area contributed by atoms with Crippen LogP contribution < -0.4 is 26.5 Å². The maximum absolute atomic E-state index is 12.5. The van der Waals surface area contributed by atoms with Crippen LogP contribution >= 0.6 is 0 Å². The molecule has 1 heterocycles. The number of carbonyl (C=O) groups excluding carboxylic acids is 1. The van der Waals surface area contributed by atoms with E-state index in [1.807, 2.05) is 0 Å². The summed E-state index contributed by atoms with van der Waals surface area (Å²) in [5.41, 5.74) is 3.60. The fourth-order valence-corrected chi connectivity index (χ4v) is 3.68. The number of rotatable bonds is 6. The van der Waals surface area contributed by atoms with E-state index in [1.165, 1.54) is 44.4 Å². The normalized spacial score (nSPS) is 11.1. The fraction of sp³-hybridized carbons (Fsp3) is 0.105. The molecule has 13 nitrogen and oxygen atoms in total. The molecule has 3 rings (SSSR count). The van der Waals surface area contributed by atoms with Gasteiger partial charge in [0.15, 0.2) is 0 Å². The van der Waals surface area contributed by atoms with Crippen LogP contribution in [-0.2, 0) is 24.2 Å². The molecule has 0 aliphatic carbocycles. The third kappa shape index (κ3) is 4.59. The molecule has 0 aliphatic heterocycles. The Hall–Kier alpha value is -4.46. The van der Waals surface area contributed by atoms with Crippen LogP contribution in [0.3, 0.4) is 0 Å². The Kier molecular flexibility index (Phi) is 6.04. The lowest BCUT2D eigenvalue weighted by Crippen LogP contribution is -2.40. The number of nitro groups is 1. The Labute approximate surface area is 185 Å². The van der Waals surface area contributed by atoms with E-state index >= 15 is 0 Å². The Morgan fingerprint density at radius 3 is 2.33 bits per heavy atom. The average Bonchev–Trinajstić information content (AvgIpc) is 2.79. The van der Waals surface area contributed by atoms with Crippen LogP contribution in [0.4, 0.5) is 17.2 Å². The number of nitrogen functional groups attached to an aromatic ring is 1. The van der Waals surface area contributed by atoms with Crippen molar-refractivity contribution in [3.8, 4) is 5.75 Å². The first-order valence-electron chi connectivity index (χ1n) is 9.08. The van der Waals surface area contributed by atoms with Gasteiger partial charge in [-0.2, -0.15) is 8.42 Å². The molecule has 0 unspecified atom stereocenters. The zero-order chi connectivity index (χ0) is 24.5. The zero-order valence-corrected chi connectivity index (χ0v) is 18.0. The molecule has 1 amide bonds. The van der Waals surface area contributed by atoms with Crippen molar-refractivity contribution in [1.82, 2.24) is 9.13 Å². The zero-order valence-electron chi connectivity index (χ0n) is 17.2. The molecule has 0 aliphatic rings. The van der Waals surface area contributed by atoms with E-state index in [1.54, 1.807) is 0 Å². The number of nitro benzene ring substituents is 1. The van der Waals surface area contributed by atoms with Gasteiger partial charge in [-0.1, -0.05) is 6.07 Å². The summed E-state index contributed by atoms with van der Waals surface area (Å²) in [6.07, 6.45) is 0. The first kappa shape index (κ1) is 23.2. The molecular formula is C19H17N5O8S. The maximum Gasteiger partial charge on any atom is 0.339 e. The van der Waals surface area contributed by atoms with E-state index in [2.05, 4.69) is 5.32 Å². The van der Waals surface area contributed by atoms with Crippen molar-refractivity contribution in [3.05, 3.63) is 85.0 Å². The number of amides is 1. The standard InChI is InChI=1S/C19H17N5O8S/c1-22-16(20)15(18(26)23(2)19(22)27)21-17(25)11-6-8-14(9-7-11)33(30,31)32-13-5-3-4-12(10-13)24(28)29/h3-10H,20H2,1-2H3,(H,21,25). The van der Waals surface area contributed by atoms with Crippen LogP contribution in [0.25, 0.3) is 0 Å². The first-order chi connectivity index (χ1) is 15.4. The molecule has 33 heavy (non-hydrogen) atoms. The topological polar surface area (TPSA) is 186 Å². The highest BCUT2D eigenvalue weighted by Gasteiger charge is 2.20. The molecule has 172 valence electrons. The molecule has 3 aromatic rings. The van der Waals surface area contributed by atoms with Crippen LogP contribution in [0.1, 0.15) is 10.4 Å². The summed E-state index contributed by atoms with van der Waals surface area (Å²) in [7, 11) is -1.80. The largest absolute Gasteiger partial charge is 0.383 e. The number of nitrogens with two attached hydrogens (primary N) is 1.